The Balaban J connectivity index is 1.87. The first-order chi connectivity index (χ1) is 14.2. The minimum Gasteiger partial charge on any atom is -0.497 e. The molecule has 0 radical (unpaired) electrons. The van der Waals surface area contributed by atoms with Crippen molar-refractivity contribution in [3.8, 4) is 5.75 Å². The average Bonchev–Trinajstić information content (AvgIpc) is 2.73. The average molecular weight is 439 g/mol. The lowest BCUT2D eigenvalue weighted by Crippen LogP contribution is -2.64. The van der Waals surface area contributed by atoms with E-state index in [0.717, 1.165) is 36.2 Å². The molecule has 9 nitrogen and oxygen atoms in total. The number of amides is 2. The van der Waals surface area contributed by atoms with Gasteiger partial charge in [-0.25, -0.2) is 8.42 Å². The Bertz CT molecular complexity index is 883. The van der Waals surface area contributed by atoms with Gasteiger partial charge in [0.2, 0.25) is 10.0 Å². The SMILES string of the molecule is COc1cccc(C(=O)N2CCCN(S(C)(=O)=O)C2C(=O)NC2CCC(N)CC2)c1. The third kappa shape index (κ3) is 5.11. The Morgan fingerprint density at radius 1 is 1.17 bits per heavy atom. The van der Waals surface area contributed by atoms with Crippen LogP contribution in [0.4, 0.5) is 0 Å². The van der Waals surface area contributed by atoms with E-state index >= 15 is 0 Å². The lowest BCUT2D eigenvalue weighted by atomic mass is 9.92. The molecule has 2 fully saturated rings. The number of hydrogen-bond acceptors (Lipinski definition) is 6. The maximum atomic E-state index is 13.2. The standard InChI is InChI=1S/C20H30N4O5S/c1-29-17-6-3-5-14(13-17)20(26)23-11-4-12-24(30(2,27)28)19(23)18(25)22-16-9-7-15(21)8-10-16/h3,5-6,13,15-16,19H,4,7-12,21H2,1-2H3,(H,22,25). The Hall–Kier alpha value is -2.17. The molecule has 30 heavy (non-hydrogen) atoms. The molecular weight excluding hydrogens is 408 g/mol. The number of ether oxygens (including phenoxy) is 1. The lowest BCUT2D eigenvalue weighted by Gasteiger charge is -2.42. The maximum absolute atomic E-state index is 13.2. The van der Waals surface area contributed by atoms with E-state index in [-0.39, 0.29) is 25.2 Å². The molecule has 1 aromatic carbocycles. The minimum atomic E-state index is -3.70. The summed E-state index contributed by atoms with van der Waals surface area (Å²) in [4.78, 5) is 27.8. The van der Waals surface area contributed by atoms with E-state index in [2.05, 4.69) is 5.32 Å². The molecule has 1 aliphatic carbocycles. The zero-order valence-electron chi connectivity index (χ0n) is 17.4. The lowest BCUT2D eigenvalue weighted by molar-refractivity contribution is -0.131. The maximum Gasteiger partial charge on any atom is 0.259 e. The highest BCUT2D eigenvalue weighted by Crippen LogP contribution is 2.24. The van der Waals surface area contributed by atoms with Gasteiger partial charge in [0.05, 0.1) is 13.4 Å². The van der Waals surface area contributed by atoms with Crippen LogP contribution in [0.3, 0.4) is 0 Å². The number of rotatable bonds is 5. The van der Waals surface area contributed by atoms with E-state index in [4.69, 9.17) is 10.5 Å². The van der Waals surface area contributed by atoms with Crippen LogP contribution in [0.5, 0.6) is 5.75 Å². The van der Waals surface area contributed by atoms with Gasteiger partial charge in [-0.15, -0.1) is 0 Å². The summed E-state index contributed by atoms with van der Waals surface area (Å²) in [7, 11) is -2.20. The Kier molecular flexibility index (Phi) is 6.99. The summed E-state index contributed by atoms with van der Waals surface area (Å²) in [5, 5.41) is 2.95. The van der Waals surface area contributed by atoms with Gasteiger partial charge in [0, 0.05) is 30.7 Å². The van der Waals surface area contributed by atoms with Crippen molar-refractivity contribution in [1.82, 2.24) is 14.5 Å². The second kappa shape index (κ2) is 9.32. The molecule has 2 amide bonds. The van der Waals surface area contributed by atoms with Crippen LogP contribution in [0.2, 0.25) is 0 Å². The third-order valence-corrected chi connectivity index (χ3v) is 6.94. The summed E-state index contributed by atoms with van der Waals surface area (Å²) in [6, 6.07) is 6.67. The fraction of sp³-hybridized carbons (Fsp3) is 0.600. The number of nitrogens with one attached hydrogen (secondary N) is 1. The van der Waals surface area contributed by atoms with Gasteiger partial charge in [-0.1, -0.05) is 6.07 Å². The molecule has 1 unspecified atom stereocenters. The fourth-order valence-electron chi connectivity index (χ4n) is 4.09. The van der Waals surface area contributed by atoms with Gasteiger partial charge in [-0.3, -0.25) is 9.59 Å². The topological polar surface area (TPSA) is 122 Å². The fourth-order valence-corrected chi connectivity index (χ4v) is 5.12. The van der Waals surface area contributed by atoms with Crippen LogP contribution in [0.1, 0.15) is 42.5 Å². The molecule has 1 aliphatic heterocycles. The van der Waals surface area contributed by atoms with Crippen LogP contribution in [0, 0.1) is 0 Å². The Labute approximate surface area is 177 Å². The first kappa shape index (κ1) is 22.5. The Morgan fingerprint density at radius 3 is 2.50 bits per heavy atom. The second-order valence-electron chi connectivity index (χ2n) is 7.95. The van der Waals surface area contributed by atoms with Crippen molar-refractivity contribution in [3.05, 3.63) is 29.8 Å². The van der Waals surface area contributed by atoms with Crippen molar-refractivity contribution in [2.24, 2.45) is 5.73 Å². The highest BCUT2D eigenvalue weighted by Gasteiger charge is 2.43. The number of methoxy groups -OCH3 is 1. The van der Waals surface area contributed by atoms with E-state index < -0.39 is 28.0 Å². The molecular formula is C20H30N4O5S. The summed E-state index contributed by atoms with van der Waals surface area (Å²) in [5.74, 6) is -0.373. The smallest absolute Gasteiger partial charge is 0.259 e. The summed E-state index contributed by atoms with van der Waals surface area (Å²) in [6.07, 6.45) is 3.38. The van der Waals surface area contributed by atoms with Gasteiger partial charge in [-0.05, 0) is 50.3 Å². The molecule has 3 N–H and O–H groups in total. The summed E-state index contributed by atoms with van der Waals surface area (Å²) in [5.41, 5.74) is 6.28. The van der Waals surface area contributed by atoms with E-state index in [9.17, 15) is 18.0 Å². The van der Waals surface area contributed by atoms with E-state index in [1.54, 1.807) is 24.3 Å². The van der Waals surface area contributed by atoms with Crippen molar-refractivity contribution in [2.45, 2.75) is 50.4 Å². The minimum absolute atomic E-state index is 0.0746. The van der Waals surface area contributed by atoms with E-state index in [1.165, 1.54) is 12.0 Å². The van der Waals surface area contributed by atoms with Crippen molar-refractivity contribution < 1.29 is 22.7 Å². The molecule has 1 saturated heterocycles. The zero-order valence-corrected chi connectivity index (χ0v) is 18.2. The number of nitrogens with two attached hydrogens (primary N) is 1. The largest absolute Gasteiger partial charge is 0.497 e. The molecule has 0 bridgehead atoms. The molecule has 1 saturated carbocycles. The summed E-state index contributed by atoms with van der Waals surface area (Å²) in [6.45, 7) is 0.476. The summed E-state index contributed by atoms with van der Waals surface area (Å²) >= 11 is 0. The third-order valence-electron chi connectivity index (χ3n) is 5.70. The monoisotopic (exact) mass is 438 g/mol. The normalized spacial score (nSPS) is 25.6. The van der Waals surface area contributed by atoms with Gasteiger partial charge in [-0.2, -0.15) is 4.31 Å². The highest BCUT2D eigenvalue weighted by molar-refractivity contribution is 7.88. The zero-order chi connectivity index (χ0) is 21.9. The number of benzene rings is 1. The molecule has 2 aliphatic rings. The number of carbonyl (C=O) groups is 2. The van der Waals surface area contributed by atoms with Gasteiger partial charge in [0.25, 0.3) is 11.8 Å². The first-order valence-corrected chi connectivity index (χ1v) is 12.0. The van der Waals surface area contributed by atoms with E-state index in [0.29, 0.717) is 17.7 Å². The number of sulfonamides is 1. The van der Waals surface area contributed by atoms with Gasteiger partial charge in [0.15, 0.2) is 6.17 Å². The van der Waals surface area contributed by atoms with E-state index in [1.807, 2.05) is 0 Å². The van der Waals surface area contributed by atoms with Crippen LogP contribution in [0.25, 0.3) is 0 Å². The number of hydrogen-bond donors (Lipinski definition) is 2. The predicted molar refractivity (Wildman–Crippen MR) is 112 cm³/mol. The summed E-state index contributed by atoms with van der Waals surface area (Å²) < 4.78 is 31.1. The van der Waals surface area contributed by atoms with Crippen molar-refractivity contribution >= 4 is 21.8 Å². The molecule has 1 heterocycles. The van der Waals surface area contributed by atoms with Crippen LogP contribution in [0.15, 0.2) is 24.3 Å². The van der Waals surface area contributed by atoms with Gasteiger partial charge < -0.3 is 20.7 Å². The molecule has 0 aromatic heterocycles. The molecule has 10 heteroatoms. The van der Waals surface area contributed by atoms with Crippen LogP contribution >= 0.6 is 0 Å². The molecule has 166 valence electrons. The second-order valence-corrected chi connectivity index (χ2v) is 9.89. The van der Waals surface area contributed by atoms with Gasteiger partial charge in [0.1, 0.15) is 5.75 Å². The number of nitrogens with zero attached hydrogens (tertiary/aromatic N) is 2. The molecule has 0 spiro atoms. The van der Waals surface area contributed by atoms with Crippen LogP contribution in [-0.2, 0) is 14.8 Å². The molecule has 3 rings (SSSR count). The predicted octanol–water partition coefficient (Wildman–Crippen LogP) is 0.515. The quantitative estimate of drug-likeness (QED) is 0.691. The molecule has 1 aromatic rings. The highest BCUT2D eigenvalue weighted by atomic mass is 32.2. The Morgan fingerprint density at radius 2 is 1.87 bits per heavy atom. The van der Waals surface area contributed by atoms with Crippen molar-refractivity contribution in [1.29, 1.82) is 0 Å². The van der Waals surface area contributed by atoms with Crippen LogP contribution < -0.4 is 15.8 Å². The first-order valence-electron chi connectivity index (χ1n) is 10.2. The van der Waals surface area contributed by atoms with Crippen molar-refractivity contribution in [2.75, 3.05) is 26.5 Å². The van der Waals surface area contributed by atoms with Gasteiger partial charge >= 0.3 is 0 Å². The molecule has 1 atom stereocenters. The van der Waals surface area contributed by atoms with Crippen LogP contribution in [-0.4, -0.2) is 74.1 Å². The van der Waals surface area contributed by atoms with Crippen molar-refractivity contribution in [3.63, 3.8) is 0 Å². The number of carbonyl (C=O) groups excluding carboxylic acids is 2.